The Morgan fingerprint density at radius 2 is 1.39 bits per heavy atom. The van der Waals surface area contributed by atoms with Crippen molar-refractivity contribution < 1.29 is 4.74 Å². The highest BCUT2D eigenvalue weighted by molar-refractivity contribution is 5.39. The highest BCUT2D eigenvalue weighted by Crippen LogP contribution is 2.10. The molecule has 0 N–H and O–H groups in total. The van der Waals surface area contributed by atoms with Gasteiger partial charge in [-0.2, -0.15) is 0 Å². The van der Waals surface area contributed by atoms with Gasteiger partial charge in [-0.15, -0.1) is 0 Å². The number of unbranched alkanes of at least 4 members (excludes halogenated alkanes) is 7. The summed E-state index contributed by atoms with van der Waals surface area (Å²) < 4.78 is 5.69. The Hall–Kier alpha value is -2.34. The van der Waals surface area contributed by atoms with Crippen LogP contribution in [0.3, 0.4) is 0 Å². The number of hydrogen-bond donors (Lipinski definition) is 0. The molecule has 0 saturated carbocycles. The molecule has 0 fully saturated rings. The molecule has 1 aromatic carbocycles. The van der Waals surface area contributed by atoms with Gasteiger partial charge < -0.3 is 4.74 Å². The molecule has 0 unspecified atom stereocenters. The first kappa shape index (κ1) is 22.0. The molecule has 0 atom stereocenters. The third-order valence-electron chi connectivity index (χ3n) is 4.74. The Morgan fingerprint density at radius 1 is 0.750 bits per heavy atom. The second-order valence-electron chi connectivity index (χ2n) is 7.26. The van der Waals surface area contributed by atoms with E-state index in [1.54, 1.807) is 12.4 Å². The van der Waals surface area contributed by atoms with Crippen LogP contribution >= 0.6 is 0 Å². The van der Waals surface area contributed by atoms with Gasteiger partial charge in [0.05, 0.1) is 19.0 Å². The quantitative estimate of drug-likeness (QED) is 0.319. The zero-order valence-electron chi connectivity index (χ0n) is 17.5. The van der Waals surface area contributed by atoms with Gasteiger partial charge in [0.15, 0.2) is 5.75 Å². The monoisotopic (exact) mass is 378 g/mol. The molecule has 0 aliphatic carbocycles. The van der Waals surface area contributed by atoms with Crippen molar-refractivity contribution in [3.05, 3.63) is 53.6 Å². The van der Waals surface area contributed by atoms with Gasteiger partial charge in [0.2, 0.25) is 5.82 Å². The molecule has 2 aromatic rings. The van der Waals surface area contributed by atoms with Crippen molar-refractivity contribution in [1.29, 1.82) is 0 Å². The van der Waals surface area contributed by atoms with Crippen LogP contribution in [0.2, 0.25) is 0 Å². The van der Waals surface area contributed by atoms with Crippen LogP contribution in [0.4, 0.5) is 0 Å². The lowest BCUT2D eigenvalue weighted by molar-refractivity contribution is 0.302. The van der Waals surface area contributed by atoms with Gasteiger partial charge in [-0.25, -0.2) is 9.97 Å². The Labute approximate surface area is 171 Å². The average molecular weight is 379 g/mol. The van der Waals surface area contributed by atoms with Gasteiger partial charge >= 0.3 is 0 Å². The first-order valence-electron chi connectivity index (χ1n) is 10.9. The zero-order chi connectivity index (χ0) is 19.9. The van der Waals surface area contributed by atoms with Crippen molar-refractivity contribution in [2.24, 2.45) is 0 Å². The summed E-state index contributed by atoms with van der Waals surface area (Å²) in [5, 5.41) is 0. The first-order chi connectivity index (χ1) is 13.8. The molecule has 0 aliphatic heterocycles. The summed E-state index contributed by atoms with van der Waals surface area (Å²) in [5.41, 5.74) is 2.38. The van der Waals surface area contributed by atoms with Crippen molar-refractivity contribution >= 4 is 0 Å². The van der Waals surface area contributed by atoms with Crippen LogP contribution in [0.25, 0.3) is 0 Å². The third-order valence-corrected chi connectivity index (χ3v) is 4.74. The molecule has 150 valence electrons. The van der Waals surface area contributed by atoms with E-state index < -0.39 is 0 Å². The van der Waals surface area contributed by atoms with Crippen LogP contribution in [0.1, 0.15) is 88.6 Å². The molecule has 0 amide bonds. The highest BCUT2D eigenvalue weighted by atomic mass is 16.5. The fourth-order valence-electron chi connectivity index (χ4n) is 2.99. The molecule has 0 spiro atoms. The smallest absolute Gasteiger partial charge is 0.205 e. The van der Waals surface area contributed by atoms with E-state index in [1.165, 1.54) is 56.9 Å². The summed E-state index contributed by atoms with van der Waals surface area (Å²) in [4.78, 5) is 8.58. The summed E-state index contributed by atoms with van der Waals surface area (Å²) in [7, 11) is 0. The number of ether oxygens (including phenoxy) is 1. The Morgan fingerprint density at radius 3 is 2.07 bits per heavy atom. The van der Waals surface area contributed by atoms with Crippen LogP contribution < -0.4 is 4.74 Å². The summed E-state index contributed by atoms with van der Waals surface area (Å²) in [5.74, 6) is 7.41. The van der Waals surface area contributed by atoms with E-state index >= 15 is 0 Å². The molecule has 1 aromatic heterocycles. The fourth-order valence-corrected chi connectivity index (χ4v) is 2.99. The van der Waals surface area contributed by atoms with Crippen molar-refractivity contribution in [3.63, 3.8) is 0 Å². The Kier molecular flexibility index (Phi) is 10.8. The molecule has 3 nitrogen and oxygen atoms in total. The lowest BCUT2D eigenvalue weighted by atomic mass is 10.0. The second-order valence-corrected chi connectivity index (χ2v) is 7.26. The Bertz CT molecular complexity index is 711. The molecule has 0 aliphatic rings. The lowest BCUT2D eigenvalue weighted by Gasteiger charge is -2.04. The molecular formula is C25H34N2O. The van der Waals surface area contributed by atoms with Crippen LogP contribution in [0, 0.1) is 11.8 Å². The van der Waals surface area contributed by atoms with Gasteiger partial charge in [-0.3, -0.25) is 0 Å². The number of rotatable bonds is 12. The zero-order valence-corrected chi connectivity index (χ0v) is 17.5. The molecule has 0 bridgehead atoms. The summed E-state index contributed by atoms with van der Waals surface area (Å²) >= 11 is 0. The highest BCUT2D eigenvalue weighted by Gasteiger charge is 1.98. The molecular weight excluding hydrogens is 344 g/mol. The SMILES string of the molecule is CCCCCCCOc1cnc(C#Cc2ccc(CCCCCC)cc2)nc1. The largest absolute Gasteiger partial charge is 0.490 e. The standard InChI is InChI=1S/C25H34N2O/c1-3-5-7-9-11-19-28-24-20-26-25(27-21-24)18-17-23-15-13-22(14-16-23)12-10-8-6-4-2/h13-16,20-21H,3-12,19H2,1-2H3. The van der Waals surface area contributed by atoms with Gasteiger partial charge in [-0.1, -0.05) is 76.8 Å². The minimum Gasteiger partial charge on any atom is -0.490 e. The molecule has 28 heavy (non-hydrogen) atoms. The van der Waals surface area contributed by atoms with Gasteiger partial charge in [0.1, 0.15) is 0 Å². The van der Waals surface area contributed by atoms with Crippen LogP contribution in [-0.4, -0.2) is 16.6 Å². The number of aryl methyl sites for hydroxylation is 1. The van der Waals surface area contributed by atoms with E-state index in [0.717, 1.165) is 25.0 Å². The molecule has 3 heteroatoms. The van der Waals surface area contributed by atoms with E-state index in [9.17, 15) is 0 Å². The molecule has 0 radical (unpaired) electrons. The number of aromatic nitrogens is 2. The number of benzene rings is 1. The minimum absolute atomic E-state index is 0.527. The van der Waals surface area contributed by atoms with Crippen LogP contribution in [0.5, 0.6) is 5.75 Å². The van der Waals surface area contributed by atoms with E-state index in [2.05, 4.69) is 59.9 Å². The lowest BCUT2D eigenvalue weighted by Crippen LogP contribution is -1.99. The van der Waals surface area contributed by atoms with E-state index in [-0.39, 0.29) is 0 Å². The molecule has 0 saturated heterocycles. The Balaban J connectivity index is 1.75. The maximum absolute atomic E-state index is 5.69. The second kappa shape index (κ2) is 13.8. The predicted molar refractivity (Wildman–Crippen MR) is 117 cm³/mol. The maximum atomic E-state index is 5.69. The van der Waals surface area contributed by atoms with E-state index in [0.29, 0.717) is 11.6 Å². The first-order valence-corrected chi connectivity index (χ1v) is 10.9. The van der Waals surface area contributed by atoms with Crippen LogP contribution in [0.15, 0.2) is 36.7 Å². The van der Waals surface area contributed by atoms with E-state index in [1.807, 2.05) is 0 Å². The minimum atomic E-state index is 0.527. The van der Waals surface area contributed by atoms with Gasteiger partial charge in [0, 0.05) is 5.56 Å². The maximum Gasteiger partial charge on any atom is 0.205 e. The number of nitrogens with zero attached hydrogens (tertiary/aromatic N) is 2. The predicted octanol–water partition coefficient (Wildman–Crippen LogP) is 6.35. The topological polar surface area (TPSA) is 35.0 Å². The normalized spacial score (nSPS) is 10.4. The summed E-state index contributed by atoms with van der Waals surface area (Å²) in [6.45, 7) is 5.19. The van der Waals surface area contributed by atoms with Gasteiger partial charge in [-0.05, 0) is 42.9 Å². The fraction of sp³-hybridized carbons (Fsp3) is 0.520. The van der Waals surface area contributed by atoms with Crippen molar-refractivity contribution in [3.8, 4) is 17.6 Å². The number of hydrogen-bond acceptors (Lipinski definition) is 3. The third kappa shape index (κ3) is 9.04. The summed E-state index contributed by atoms with van der Waals surface area (Å²) in [6, 6.07) is 8.51. The average Bonchev–Trinajstić information content (AvgIpc) is 2.74. The van der Waals surface area contributed by atoms with Crippen LogP contribution in [-0.2, 0) is 6.42 Å². The van der Waals surface area contributed by atoms with Crippen molar-refractivity contribution in [1.82, 2.24) is 9.97 Å². The van der Waals surface area contributed by atoms with E-state index in [4.69, 9.17) is 4.74 Å². The molecule has 2 rings (SSSR count). The van der Waals surface area contributed by atoms with Crippen molar-refractivity contribution in [2.45, 2.75) is 78.1 Å². The molecule has 1 heterocycles. The van der Waals surface area contributed by atoms with Crippen molar-refractivity contribution in [2.75, 3.05) is 6.61 Å². The van der Waals surface area contributed by atoms with Gasteiger partial charge in [0.25, 0.3) is 0 Å². The summed E-state index contributed by atoms with van der Waals surface area (Å²) in [6.07, 6.45) is 15.9.